The molecule has 0 amide bonds. The third-order valence-corrected chi connectivity index (χ3v) is 3.72. The maximum Gasteiger partial charge on any atom is 0.143 e. The van der Waals surface area contributed by atoms with Crippen LogP contribution in [0.2, 0.25) is 10.0 Å². The predicted molar refractivity (Wildman–Crippen MR) is 64.3 cm³/mol. The Morgan fingerprint density at radius 3 is 2.75 bits per heavy atom. The Bertz CT molecular complexity index is 398. The van der Waals surface area contributed by atoms with Crippen LogP contribution >= 0.6 is 23.2 Å². The van der Waals surface area contributed by atoms with Gasteiger partial charge in [0.2, 0.25) is 0 Å². The lowest BCUT2D eigenvalue weighted by Crippen LogP contribution is -2.26. The Kier molecular flexibility index (Phi) is 3.70. The maximum absolute atomic E-state index is 13.1. The molecule has 0 aromatic heterocycles. The molecule has 1 saturated heterocycles. The lowest BCUT2D eigenvalue weighted by molar-refractivity contribution is 0.327. The molecule has 1 fully saturated rings. The predicted octanol–water partition coefficient (Wildman–Crippen LogP) is 2.67. The molecule has 1 heterocycles. The molecule has 88 valence electrons. The minimum atomic E-state index is -0.478. The summed E-state index contributed by atoms with van der Waals surface area (Å²) >= 11 is 11.7. The minimum Gasteiger partial charge on any atom is -0.326 e. The van der Waals surface area contributed by atoms with Crippen molar-refractivity contribution in [2.24, 2.45) is 5.73 Å². The first-order chi connectivity index (χ1) is 7.58. The Labute approximate surface area is 104 Å². The van der Waals surface area contributed by atoms with Gasteiger partial charge in [-0.05, 0) is 18.1 Å². The van der Waals surface area contributed by atoms with E-state index in [-0.39, 0.29) is 11.1 Å². The molecular weight excluding hydrogens is 250 g/mol. The zero-order chi connectivity index (χ0) is 11.7. The second kappa shape index (κ2) is 4.88. The van der Waals surface area contributed by atoms with Gasteiger partial charge in [0.1, 0.15) is 5.82 Å². The van der Waals surface area contributed by atoms with Gasteiger partial charge in [0, 0.05) is 25.7 Å². The molecule has 0 spiro atoms. The van der Waals surface area contributed by atoms with Crippen molar-refractivity contribution >= 4 is 23.2 Å². The van der Waals surface area contributed by atoms with Crippen LogP contribution in [0.4, 0.5) is 4.39 Å². The van der Waals surface area contributed by atoms with Gasteiger partial charge in [0.25, 0.3) is 0 Å². The Hall–Kier alpha value is -0.350. The fraction of sp³-hybridized carbons (Fsp3) is 0.455. The van der Waals surface area contributed by atoms with E-state index in [0.29, 0.717) is 11.6 Å². The van der Waals surface area contributed by atoms with Gasteiger partial charge < -0.3 is 5.73 Å². The molecule has 2 rings (SSSR count). The summed E-state index contributed by atoms with van der Waals surface area (Å²) in [6.07, 6.45) is 0.993. The summed E-state index contributed by atoms with van der Waals surface area (Å²) in [5.41, 5.74) is 6.66. The van der Waals surface area contributed by atoms with Crippen molar-refractivity contribution in [3.63, 3.8) is 0 Å². The van der Waals surface area contributed by atoms with Crippen molar-refractivity contribution in [3.8, 4) is 0 Å². The first-order valence-electron chi connectivity index (χ1n) is 5.18. The molecule has 5 heteroatoms. The number of benzene rings is 1. The summed E-state index contributed by atoms with van der Waals surface area (Å²) < 4.78 is 13.1. The fourth-order valence-corrected chi connectivity index (χ4v) is 2.33. The summed E-state index contributed by atoms with van der Waals surface area (Å²) in [6.45, 7) is 2.48. The highest BCUT2D eigenvalue weighted by atomic mass is 35.5. The van der Waals surface area contributed by atoms with Crippen LogP contribution in [0.3, 0.4) is 0 Å². The summed E-state index contributed by atoms with van der Waals surface area (Å²) in [7, 11) is 0. The van der Waals surface area contributed by atoms with Gasteiger partial charge in [-0.2, -0.15) is 0 Å². The molecule has 0 saturated carbocycles. The first-order valence-corrected chi connectivity index (χ1v) is 5.94. The molecule has 1 aromatic rings. The summed E-state index contributed by atoms with van der Waals surface area (Å²) in [5.74, 6) is -0.478. The molecular formula is C11H13Cl2FN2. The van der Waals surface area contributed by atoms with E-state index in [1.54, 1.807) is 6.07 Å². The lowest BCUT2D eigenvalue weighted by Gasteiger charge is -2.16. The second-order valence-corrected chi connectivity index (χ2v) is 4.87. The Balaban J connectivity index is 2.13. The minimum absolute atomic E-state index is 0.00246. The molecule has 0 bridgehead atoms. The van der Waals surface area contributed by atoms with Crippen LogP contribution in [-0.2, 0) is 6.54 Å². The normalized spacial score (nSPS) is 21.6. The van der Waals surface area contributed by atoms with E-state index in [1.165, 1.54) is 6.07 Å². The van der Waals surface area contributed by atoms with Gasteiger partial charge >= 0.3 is 0 Å². The topological polar surface area (TPSA) is 29.3 Å². The highest BCUT2D eigenvalue weighted by molar-refractivity contribution is 6.42. The number of halogens is 3. The van der Waals surface area contributed by atoms with Gasteiger partial charge in [-0.1, -0.05) is 29.3 Å². The van der Waals surface area contributed by atoms with Crippen LogP contribution in [0, 0.1) is 5.82 Å². The van der Waals surface area contributed by atoms with Crippen molar-refractivity contribution in [2.45, 2.75) is 19.0 Å². The average molecular weight is 263 g/mol. The summed E-state index contributed by atoms with van der Waals surface area (Å²) in [4.78, 5) is 2.19. The van der Waals surface area contributed by atoms with Crippen LogP contribution < -0.4 is 5.73 Å². The summed E-state index contributed by atoms with van der Waals surface area (Å²) in [5, 5.41) is 0.310. The van der Waals surface area contributed by atoms with Gasteiger partial charge in [-0.25, -0.2) is 4.39 Å². The van der Waals surface area contributed by atoms with Crippen molar-refractivity contribution in [1.29, 1.82) is 0 Å². The number of hydrogen-bond donors (Lipinski definition) is 1. The quantitative estimate of drug-likeness (QED) is 0.831. The Morgan fingerprint density at radius 2 is 2.12 bits per heavy atom. The zero-order valence-corrected chi connectivity index (χ0v) is 10.2. The average Bonchev–Trinajstić information content (AvgIpc) is 2.65. The highest BCUT2D eigenvalue weighted by Crippen LogP contribution is 2.29. The third-order valence-electron chi connectivity index (χ3n) is 2.82. The van der Waals surface area contributed by atoms with Crippen LogP contribution in [0.15, 0.2) is 12.1 Å². The number of rotatable bonds is 2. The van der Waals surface area contributed by atoms with E-state index in [2.05, 4.69) is 4.90 Å². The van der Waals surface area contributed by atoms with Gasteiger partial charge in [-0.3, -0.25) is 4.90 Å². The SMILES string of the molecule is N[C@@H]1CCN(Cc2ccc(F)c(Cl)c2Cl)C1. The molecule has 2 nitrogen and oxygen atoms in total. The molecule has 1 atom stereocenters. The first kappa shape index (κ1) is 12.1. The lowest BCUT2D eigenvalue weighted by atomic mass is 10.2. The second-order valence-electron chi connectivity index (χ2n) is 4.12. The fourth-order valence-electron chi connectivity index (χ4n) is 1.94. The Morgan fingerprint density at radius 1 is 1.38 bits per heavy atom. The molecule has 1 aromatic carbocycles. The van der Waals surface area contributed by atoms with Crippen molar-refractivity contribution < 1.29 is 4.39 Å². The van der Waals surface area contributed by atoms with Gasteiger partial charge in [0.15, 0.2) is 0 Å². The molecule has 2 N–H and O–H groups in total. The van der Waals surface area contributed by atoms with Crippen LogP contribution in [0.25, 0.3) is 0 Å². The monoisotopic (exact) mass is 262 g/mol. The molecule has 1 aliphatic heterocycles. The molecule has 0 radical (unpaired) electrons. The number of likely N-dealkylation sites (tertiary alicyclic amines) is 1. The largest absolute Gasteiger partial charge is 0.326 e. The third kappa shape index (κ3) is 2.48. The zero-order valence-electron chi connectivity index (χ0n) is 8.72. The number of hydrogen-bond acceptors (Lipinski definition) is 2. The molecule has 0 aliphatic carbocycles. The van der Waals surface area contributed by atoms with Crippen LogP contribution in [-0.4, -0.2) is 24.0 Å². The smallest absolute Gasteiger partial charge is 0.143 e. The standard InChI is InChI=1S/C11H13Cl2FN2/c12-10-7(1-2-9(14)11(10)13)5-16-4-3-8(15)6-16/h1-2,8H,3-6,15H2/t8-/m1/s1. The van der Waals surface area contributed by atoms with Crippen molar-refractivity contribution in [3.05, 3.63) is 33.6 Å². The molecule has 16 heavy (non-hydrogen) atoms. The number of nitrogens with two attached hydrogens (primary N) is 1. The highest BCUT2D eigenvalue weighted by Gasteiger charge is 2.20. The van der Waals surface area contributed by atoms with E-state index >= 15 is 0 Å². The van der Waals surface area contributed by atoms with E-state index < -0.39 is 5.82 Å². The van der Waals surface area contributed by atoms with E-state index in [1.807, 2.05) is 0 Å². The van der Waals surface area contributed by atoms with Gasteiger partial charge in [-0.15, -0.1) is 0 Å². The van der Waals surface area contributed by atoms with Crippen molar-refractivity contribution in [1.82, 2.24) is 4.90 Å². The molecule has 1 aliphatic rings. The summed E-state index contributed by atoms with van der Waals surface area (Å²) in [6, 6.07) is 3.25. The number of nitrogens with zero attached hydrogens (tertiary/aromatic N) is 1. The van der Waals surface area contributed by atoms with Crippen LogP contribution in [0.5, 0.6) is 0 Å². The van der Waals surface area contributed by atoms with Crippen LogP contribution in [0.1, 0.15) is 12.0 Å². The maximum atomic E-state index is 13.1. The van der Waals surface area contributed by atoms with E-state index in [4.69, 9.17) is 28.9 Å². The van der Waals surface area contributed by atoms with E-state index in [9.17, 15) is 4.39 Å². The van der Waals surface area contributed by atoms with E-state index in [0.717, 1.165) is 25.1 Å². The van der Waals surface area contributed by atoms with Crippen molar-refractivity contribution in [2.75, 3.05) is 13.1 Å². The van der Waals surface area contributed by atoms with Gasteiger partial charge in [0.05, 0.1) is 10.0 Å². The molecule has 0 unspecified atom stereocenters.